The minimum Gasteiger partial charge on any atom is -0.294 e. The lowest BCUT2D eigenvalue weighted by Gasteiger charge is -2.00. The van der Waals surface area contributed by atoms with Gasteiger partial charge >= 0.3 is 0 Å². The van der Waals surface area contributed by atoms with Crippen molar-refractivity contribution in [3.05, 3.63) is 35.4 Å². The van der Waals surface area contributed by atoms with E-state index in [9.17, 15) is 9.18 Å². The summed E-state index contributed by atoms with van der Waals surface area (Å²) in [5, 5.41) is 10.7. The Morgan fingerprint density at radius 3 is 2.93 bits per heavy atom. The van der Waals surface area contributed by atoms with Crippen LogP contribution >= 0.6 is 0 Å². The van der Waals surface area contributed by atoms with Crippen LogP contribution in [-0.2, 0) is 0 Å². The number of aromatic nitrogens is 4. The zero-order valence-electron chi connectivity index (χ0n) is 7.88. The van der Waals surface area contributed by atoms with Gasteiger partial charge in [0, 0.05) is 0 Å². The summed E-state index contributed by atoms with van der Waals surface area (Å²) in [7, 11) is 0. The van der Waals surface area contributed by atoms with E-state index in [1.807, 2.05) is 6.92 Å². The number of halogens is 1. The smallest absolute Gasteiger partial charge is 0.237 e. The molecular weight excluding hydrogens is 199 g/mol. The van der Waals surface area contributed by atoms with Gasteiger partial charge in [0.15, 0.2) is 12.1 Å². The van der Waals surface area contributed by atoms with Gasteiger partial charge in [-0.1, -0.05) is 6.07 Å². The van der Waals surface area contributed by atoms with E-state index in [4.69, 9.17) is 0 Å². The van der Waals surface area contributed by atoms with Gasteiger partial charge in [0.05, 0.1) is 0 Å². The molecule has 0 aliphatic heterocycles. The number of tetrazole rings is 1. The largest absolute Gasteiger partial charge is 0.294 e. The fourth-order valence-electron chi connectivity index (χ4n) is 1.15. The monoisotopic (exact) mass is 206 g/mol. The van der Waals surface area contributed by atoms with Crippen LogP contribution in [-0.4, -0.2) is 26.5 Å². The SMILES string of the molecule is Cc1ccc(F)c(-n2nnc(C=O)n2)c1. The third-order valence-electron chi connectivity index (χ3n) is 1.85. The number of benzene rings is 1. The lowest BCUT2D eigenvalue weighted by molar-refractivity contribution is 0.111. The topological polar surface area (TPSA) is 60.7 Å². The molecule has 0 unspecified atom stereocenters. The predicted octanol–water partition coefficient (Wildman–Crippen LogP) is 0.922. The van der Waals surface area contributed by atoms with Crippen molar-refractivity contribution in [2.45, 2.75) is 6.92 Å². The van der Waals surface area contributed by atoms with Crippen LogP contribution in [0.1, 0.15) is 16.2 Å². The summed E-state index contributed by atoms with van der Waals surface area (Å²) in [5.41, 5.74) is 1.05. The van der Waals surface area contributed by atoms with Gasteiger partial charge in [0.1, 0.15) is 5.69 Å². The molecule has 2 rings (SSSR count). The molecule has 0 N–H and O–H groups in total. The molecule has 0 radical (unpaired) electrons. The van der Waals surface area contributed by atoms with E-state index in [1.54, 1.807) is 12.1 Å². The number of aryl methyl sites for hydroxylation is 1. The van der Waals surface area contributed by atoms with Gasteiger partial charge < -0.3 is 0 Å². The Balaban J connectivity index is 2.52. The van der Waals surface area contributed by atoms with Crippen molar-refractivity contribution >= 4 is 6.29 Å². The Kier molecular flexibility index (Phi) is 2.24. The zero-order chi connectivity index (χ0) is 10.8. The molecule has 15 heavy (non-hydrogen) atoms. The quantitative estimate of drug-likeness (QED) is 0.685. The standard InChI is InChI=1S/C9H7FN4O/c1-6-2-3-7(10)8(4-6)14-12-9(5-15)11-13-14/h2-5H,1H3. The fourth-order valence-corrected chi connectivity index (χ4v) is 1.15. The average molecular weight is 206 g/mol. The molecule has 2 aromatic rings. The fraction of sp³-hybridized carbons (Fsp3) is 0.111. The molecule has 0 bridgehead atoms. The summed E-state index contributed by atoms with van der Waals surface area (Å²) < 4.78 is 13.4. The molecular formula is C9H7FN4O. The summed E-state index contributed by atoms with van der Waals surface area (Å²) >= 11 is 0. The molecule has 0 atom stereocenters. The second kappa shape index (κ2) is 3.56. The first-order valence-corrected chi connectivity index (χ1v) is 4.22. The van der Waals surface area contributed by atoms with Crippen molar-refractivity contribution < 1.29 is 9.18 Å². The number of carbonyl (C=O) groups is 1. The molecule has 5 nitrogen and oxygen atoms in total. The van der Waals surface area contributed by atoms with E-state index in [2.05, 4.69) is 15.4 Å². The third-order valence-corrected chi connectivity index (χ3v) is 1.85. The predicted molar refractivity (Wildman–Crippen MR) is 49.2 cm³/mol. The molecule has 1 aromatic heterocycles. The molecule has 0 amide bonds. The Labute approximate surface area is 84.5 Å². The van der Waals surface area contributed by atoms with Crippen molar-refractivity contribution in [2.24, 2.45) is 0 Å². The second-order valence-electron chi connectivity index (χ2n) is 3.01. The molecule has 0 fully saturated rings. The van der Waals surface area contributed by atoms with Crippen LogP contribution in [0.3, 0.4) is 0 Å². The highest BCUT2D eigenvalue weighted by atomic mass is 19.1. The van der Waals surface area contributed by atoms with Crippen LogP contribution < -0.4 is 0 Å². The first-order chi connectivity index (χ1) is 7.20. The van der Waals surface area contributed by atoms with Crippen molar-refractivity contribution in [1.29, 1.82) is 0 Å². The first-order valence-electron chi connectivity index (χ1n) is 4.22. The van der Waals surface area contributed by atoms with Gasteiger partial charge in [-0.3, -0.25) is 4.79 Å². The Bertz CT molecular complexity index is 509. The molecule has 0 saturated carbocycles. The molecule has 0 spiro atoms. The van der Waals surface area contributed by atoms with Crippen LogP contribution in [0.25, 0.3) is 5.69 Å². The number of hydrogen-bond donors (Lipinski definition) is 0. The summed E-state index contributed by atoms with van der Waals surface area (Å²) in [6.07, 6.45) is 0.456. The van der Waals surface area contributed by atoms with Crippen LogP contribution in [0.15, 0.2) is 18.2 Å². The lowest BCUT2D eigenvalue weighted by atomic mass is 10.2. The average Bonchev–Trinajstić information content (AvgIpc) is 2.70. The Morgan fingerprint density at radius 2 is 2.27 bits per heavy atom. The van der Waals surface area contributed by atoms with Crippen molar-refractivity contribution in [3.63, 3.8) is 0 Å². The summed E-state index contributed by atoms with van der Waals surface area (Å²) in [6.45, 7) is 1.82. The van der Waals surface area contributed by atoms with Gasteiger partial charge in [-0.15, -0.1) is 15.0 Å². The van der Waals surface area contributed by atoms with E-state index < -0.39 is 5.82 Å². The van der Waals surface area contributed by atoms with E-state index >= 15 is 0 Å². The summed E-state index contributed by atoms with van der Waals surface area (Å²) in [4.78, 5) is 11.3. The van der Waals surface area contributed by atoms with Crippen LogP contribution in [0.4, 0.5) is 4.39 Å². The molecule has 6 heteroatoms. The zero-order valence-corrected chi connectivity index (χ0v) is 7.88. The molecule has 1 aromatic carbocycles. The molecule has 0 saturated heterocycles. The van der Waals surface area contributed by atoms with Crippen LogP contribution in [0.2, 0.25) is 0 Å². The van der Waals surface area contributed by atoms with E-state index in [1.165, 1.54) is 6.07 Å². The van der Waals surface area contributed by atoms with Crippen molar-refractivity contribution in [1.82, 2.24) is 20.2 Å². The molecule has 0 aliphatic carbocycles. The molecule has 1 heterocycles. The van der Waals surface area contributed by atoms with Gasteiger partial charge in [-0.25, -0.2) is 4.39 Å². The van der Waals surface area contributed by atoms with Crippen LogP contribution in [0, 0.1) is 12.7 Å². The summed E-state index contributed by atoms with van der Waals surface area (Å²) in [6, 6.07) is 4.52. The van der Waals surface area contributed by atoms with E-state index in [-0.39, 0.29) is 11.5 Å². The van der Waals surface area contributed by atoms with E-state index in [0.717, 1.165) is 10.4 Å². The minimum atomic E-state index is -0.463. The normalized spacial score (nSPS) is 10.3. The van der Waals surface area contributed by atoms with Crippen molar-refractivity contribution in [3.8, 4) is 5.69 Å². The first kappa shape index (κ1) is 9.45. The van der Waals surface area contributed by atoms with Crippen molar-refractivity contribution in [2.75, 3.05) is 0 Å². The van der Waals surface area contributed by atoms with Gasteiger partial charge in [-0.05, 0) is 29.8 Å². The summed E-state index contributed by atoms with van der Waals surface area (Å²) in [5.74, 6) is -0.536. The number of rotatable bonds is 2. The number of carbonyl (C=O) groups excluding carboxylic acids is 1. The minimum absolute atomic E-state index is 0.0732. The van der Waals surface area contributed by atoms with E-state index in [0.29, 0.717) is 6.29 Å². The number of nitrogens with zero attached hydrogens (tertiary/aromatic N) is 4. The maximum absolute atomic E-state index is 13.4. The maximum atomic E-state index is 13.4. The highest BCUT2D eigenvalue weighted by Gasteiger charge is 2.08. The van der Waals surface area contributed by atoms with Gasteiger partial charge in [0.25, 0.3) is 0 Å². The second-order valence-corrected chi connectivity index (χ2v) is 3.01. The third kappa shape index (κ3) is 1.74. The van der Waals surface area contributed by atoms with Gasteiger partial charge in [0.2, 0.25) is 5.82 Å². The Morgan fingerprint density at radius 1 is 1.47 bits per heavy atom. The number of hydrogen-bond acceptors (Lipinski definition) is 4. The lowest BCUT2D eigenvalue weighted by Crippen LogP contribution is -2.02. The molecule has 0 aliphatic rings. The van der Waals surface area contributed by atoms with Gasteiger partial charge in [-0.2, -0.15) is 0 Å². The molecule has 76 valence electrons. The van der Waals surface area contributed by atoms with Crippen LogP contribution in [0.5, 0.6) is 0 Å². The highest BCUT2D eigenvalue weighted by Crippen LogP contribution is 2.12. The highest BCUT2D eigenvalue weighted by molar-refractivity contribution is 5.67. The number of aldehydes is 1. The maximum Gasteiger partial charge on any atom is 0.237 e. The Hall–Kier alpha value is -2.11.